The molecule has 1 aromatic rings. The summed E-state index contributed by atoms with van der Waals surface area (Å²) in [4.78, 5) is 9.28. The van der Waals surface area contributed by atoms with Gasteiger partial charge in [-0.3, -0.25) is 4.90 Å². The first-order chi connectivity index (χ1) is 7.69. The van der Waals surface area contributed by atoms with Crippen LogP contribution >= 0.6 is 11.3 Å². The maximum atomic E-state index is 5.56. The molecule has 1 saturated heterocycles. The van der Waals surface area contributed by atoms with Crippen molar-refractivity contribution in [3.05, 3.63) is 16.1 Å². The highest BCUT2D eigenvalue weighted by atomic mass is 32.1. The molecule has 90 valence electrons. The average molecular weight is 240 g/mol. The molecule has 16 heavy (non-hydrogen) atoms. The zero-order chi connectivity index (χ0) is 11.5. The lowest BCUT2D eigenvalue weighted by atomic mass is 10.2. The fraction of sp³-hybridized carbons (Fsp3) is 0.727. The van der Waals surface area contributed by atoms with Crippen LogP contribution in [0.4, 0.5) is 0 Å². The van der Waals surface area contributed by atoms with Crippen LogP contribution in [0.5, 0.6) is 0 Å². The van der Waals surface area contributed by atoms with E-state index in [1.807, 2.05) is 0 Å². The third kappa shape index (κ3) is 2.79. The Morgan fingerprint density at radius 1 is 1.62 bits per heavy atom. The molecule has 0 bridgehead atoms. The van der Waals surface area contributed by atoms with Gasteiger partial charge in [0.1, 0.15) is 5.01 Å². The average Bonchev–Trinajstić information content (AvgIpc) is 2.87. The van der Waals surface area contributed by atoms with Crippen molar-refractivity contribution >= 4 is 11.3 Å². The maximum absolute atomic E-state index is 5.56. The van der Waals surface area contributed by atoms with Crippen molar-refractivity contribution < 1.29 is 0 Å². The van der Waals surface area contributed by atoms with Crippen molar-refractivity contribution in [2.75, 3.05) is 27.2 Å². The first kappa shape index (κ1) is 12.0. The summed E-state index contributed by atoms with van der Waals surface area (Å²) in [5.41, 5.74) is 6.73. The molecule has 0 aromatic carbocycles. The molecule has 1 aliphatic rings. The van der Waals surface area contributed by atoms with Crippen LogP contribution in [0.3, 0.4) is 0 Å². The molecule has 0 spiro atoms. The van der Waals surface area contributed by atoms with Crippen LogP contribution in [0.25, 0.3) is 0 Å². The molecule has 1 atom stereocenters. The summed E-state index contributed by atoms with van der Waals surface area (Å²) in [5, 5.41) is 3.17. The summed E-state index contributed by atoms with van der Waals surface area (Å²) >= 11 is 1.67. The minimum atomic E-state index is 0.561. The van der Waals surface area contributed by atoms with Gasteiger partial charge < -0.3 is 10.6 Å². The van der Waals surface area contributed by atoms with Crippen molar-refractivity contribution in [2.45, 2.75) is 25.6 Å². The second-order valence-corrected chi connectivity index (χ2v) is 5.52. The number of likely N-dealkylation sites (N-methyl/N-ethyl adjacent to an activating group) is 1. The minimum Gasteiger partial charge on any atom is -0.325 e. The van der Waals surface area contributed by atoms with Crippen LogP contribution in [-0.4, -0.2) is 48.0 Å². The number of thiazole rings is 1. The van der Waals surface area contributed by atoms with Crippen LogP contribution in [0, 0.1) is 0 Å². The molecule has 1 fully saturated rings. The maximum Gasteiger partial charge on any atom is 0.106 e. The Balaban J connectivity index is 1.87. The second-order valence-electron chi connectivity index (χ2n) is 4.58. The van der Waals surface area contributed by atoms with E-state index < -0.39 is 0 Å². The van der Waals surface area contributed by atoms with Crippen molar-refractivity contribution in [3.63, 3.8) is 0 Å². The van der Waals surface area contributed by atoms with Gasteiger partial charge in [0.2, 0.25) is 0 Å². The number of nitrogens with zero attached hydrogens (tertiary/aromatic N) is 3. The number of hydrogen-bond acceptors (Lipinski definition) is 5. The Hall–Kier alpha value is -0.490. The summed E-state index contributed by atoms with van der Waals surface area (Å²) in [6.07, 6.45) is 1.26. The van der Waals surface area contributed by atoms with E-state index in [1.54, 1.807) is 11.3 Å². The lowest BCUT2D eigenvalue weighted by Gasteiger charge is -2.19. The van der Waals surface area contributed by atoms with Crippen molar-refractivity contribution in [3.8, 4) is 0 Å². The Labute approximate surface area is 101 Å². The smallest absolute Gasteiger partial charge is 0.106 e. The molecule has 0 radical (unpaired) electrons. The molecule has 1 aliphatic heterocycles. The summed E-state index contributed by atoms with van der Waals surface area (Å²) in [6.45, 7) is 3.87. The second kappa shape index (κ2) is 5.23. The van der Waals surface area contributed by atoms with Crippen molar-refractivity contribution in [1.82, 2.24) is 14.8 Å². The van der Waals surface area contributed by atoms with Crippen LogP contribution in [-0.2, 0) is 13.1 Å². The van der Waals surface area contributed by atoms with Gasteiger partial charge in [0, 0.05) is 37.6 Å². The Bertz CT molecular complexity index is 336. The predicted octanol–water partition coefficient (Wildman–Crippen LogP) is 0.738. The van der Waals surface area contributed by atoms with E-state index in [9.17, 15) is 0 Å². The van der Waals surface area contributed by atoms with Gasteiger partial charge in [0.15, 0.2) is 0 Å². The molecule has 0 saturated carbocycles. The molecule has 5 heteroatoms. The topological polar surface area (TPSA) is 45.4 Å². The van der Waals surface area contributed by atoms with Gasteiger partial charge in [-0.2, -0.15) is 0 Å². The zero-order valence-corrected chi connectivity index (χ0v) is 10.8. The standard InChI is InChI=1S/C11H20N4S/c1-14(2)10-3-4-15(7-10)6-9-8-16-11(5-12)13-9/h8,10H,3-7,12H2,1-2H3. The first-order valence-electron chi connectivity index (χ1n) is 5.71. The quantitative estimate of drug-likeness (QED) is 0.843. The summed E-state index contributed by atoms with van der Waals surface area (Å²) in [6, 6.07) is 0.701. The van der Waals surface area contributed by atoms with Gasteiger partial charge in [-0.1, -0.05) is 0 Å². The lowest BCUT2D eigenvalue weighted by molar-refractivity contribution is 0.263. The summed E-state index contributed by atoms with van der Waals surface area (Å²) < 4.78 is 0. The molecular weight excluding hydrogens is 220 g/mol. The number of aromatic nitrogens is 1. The molecule has 2 heterocycles. The van der Waals surface area contributed by atoms with E-state index in [2.05, 4.69) is 34.3 Å². The summed E-state index contributed by atoms with van der Waals surface area (Å²) in [7, 11) is 4.31. The zero-order valence-electron chi connectivity index (χ0n) is 10.0. The van der Waals surface area contributed by atoms with E-state index >= 15 is 0 Å². The third-order valence-corrected chi connectivity index (χ3v) is 4.06. The van der Waals surface area contributed by atoms with E-state index in [0.717, 1.165) is 18.1 Å². The molecule has 0 aliphatic carbocycles. The van der Waals surface area contributed by atoms with Gasteiger partial charge in [0.25, 0.3) is 0 Å². The number of nitrogens with two attached hydrogens (primary N) is 1. The van der Waals surface area contributed by atoms with Gasteiger partial charge in [-0.25, -0.2) is 4.98 Å². The highest BCUT2D eigenvalue weighted by Gasteiger charge is 2.24. The highest BCUT2D eigenvalue weighted by Crippen LogP contribution is 2.17. The molecule has 4 nitrogen and oxygen atoms in total. The van der Waals surface area contributed by atoms with E-state index in [-0.39, 0.29) is 0 Å². The fourth-order valence-electron chi connectivity index (χ4n) is 2.12. The molecule has 2 N–H and O–H groups in total. The van der Waals surface area contributed by atoms with Gasteiger partial charge in [0.05, 0.1) is 5.69 Å². The fourth-order valence-corrected chi connectivity index (χ4v) is 2.79. The van der Waals surface area contributed by atoms with Crippen LogP contribution in [0.2, 0.25) is 0 Å². The Kier molecular flexibility index (Phi) is 3.91. The summed E-state index contributed by atoms with van der Waals surface area (Å²) in [5.74, 6) is 0. The number of rotatable bonds is 4. The Morgan fingerprint density at radius 3 is 3.00 bits per heavy atom. The minimum absolute atomic E-state index is 0.561. The van der Waals surface area contributed by atoms with Gasteiger partial charge >= 0.3 is 0 Å². The van der Waals surface area contributed by atoms with E-state index in [0.29, 0.717) is 12.6 Å². The molecule has 0 amide bonds. The third-order valence-electron chi connectivity index (χ3n) is 3.14. The number of likely N-dealkylation sites (tertiary alicyclic amines) is 1. The predicted molar refractivity (Wildman–Crippen MR) is 67.4 cm³/mol. The monoisotopic (exact) mass is 240 g/mol. The van der Waals surface area contributed by atoms with Crippen LogP contribution in [0.1, 0.15) is 17.1 Å². The van der Waals surface area contributed by atoms with Gasteiger partial charge in [-0.05, 0) is 20.5 Å². The molecule has 1 aromatic heterocycles. The molecular formula is C11H20N4S. The van der Waals surface area contributed by atoms with E-state index in [1.165, 1.54) is 18.7 Å². The highest BCUT2D eigenvalue weighted by molar-refractivity contribution is 7.09. The normalized spacial score (nSPS) is 22.1. The largest absolute Gasteiger partial charge is 0.325 e. The van der Waals surface area contributed by atoms with Crippen molar-refractivity contribution in [1.29, 1.82) is 0 Å². The number of hydrogen-bond donors (Lipinski definition) is 1. The van der Waals surface area contributed by atoms with E-state index in [4.69, 9.17) is 5.73 Å². The van der Waals surface area contributed by atoms with Crippen LogP contribution in [0.15, 0.2) is 5.38 Å². The Morgan fingerprint density at radius 2 is 2.44 bits per heavy atom. The lowest BCUT2D eigenvalue weighted by Crippen LogP contribution is -2.31. The molecule has 1 unspecified atom stereocenters. The van der Waals surface area contributed by atoms with Crippen molar-refractivity contribution in [2.24, 2.45) is 5.73 Å². The van der Waals surface area contributed by atoms with Gasteiger partial charge in [-0.15, -0.1) is 11.3 Å². The SMILES string of the molecule is CN(C)C1CCN(Cc2csc(CN)n2)C1. The molecule has 2 rings (SSSR count). The van der Waals surface area contributed by atoms with Crippen LogP contribution < -0.4 is 5.73 Å². The first-order valence-corrected chi connectivity index (χ1v) is 6.59.